The van der Waals surface area contributed by atoms with Gasteiger partial charge in [-0.3, -0.25) is 9.79 Å². The number of ether oxygens (including phenoxy) is 1. The van der Waals surface area contributed by atoms with Crippen LogP contribution >= 0.6 is 11.6 Å². The first-order valence-corrected chi connectivity index (χ1v) is 12.5. The molecule has 4 rings (SSSR count). The molecule has 1 aliphatic heterocycles. The number of carbonyl (C=O) groups is 1. The fourth-order valence-electron chi connectivity index (χ4n) is 4.66. The number of fused-ring (bicyclic) bond motifs is 1. The van der Waals surface area contributed by atoms with Crippen molar-refractivity contribution in [2.75, 3.05) is 19.1 Å². The van der Waals surface area contributed by atoms with Gasteiger partial charge in [-0.25, -0.2) is 0 Å². The van der Waals surface area contributed by atoms with E-state index in [4.69, 9.17) is 21.3 Å². The third kappa shape index (κ3) is 5.13. The standard InChI is InChI=1S/C30H33ClN2O2/c1-18(2)21-9-13-25(19(3)4)22(15-21)16-27-30(34)33(5)28-14-10-23(31)17-26(28)29(32-27)20-7-11-24(35-6)12-8-20/h7-15,17-19,27H,16H2,1-6H3. The van der Waals surface area contributed by atoms with Gasteiger partial charge >= 0.3 is 0 Å². The Bertz CT molecular complexity index is 1260. The molecule has 1 amide bonds. The van der Waals surface area contributed by atoms with Gasteiger partial charge in [0.25, 0.3) is 5.91 Å². The zero-order valence-electron chi connectivity index (χ0n) is 21.3. The molecule has 1 heterocycles. The molecular weight excluding hydrogens is 456 g/mol. The normalized spacial score (nSPS) is 15.8. The number of halogens is 1. The monoisotopic (exact) mass is 488 g/mol. The fourth-order valence-corrected chi connectivity index (χ4v) is 4.83. The number of carbonyl (C=O) groups excluding carboxylic acids is 1. The van der Waals surface area contributed by atoms with Crippen LogP contribution in [0, 0.1) is 0 Å². The first kappa shape index (κ1) is 25.0. The van der Waals surface area contributed by atoms with Crippen molar-refractivity contribution in [3.8, 4) is 5.75 Å². The van der Waals surface area contributed by atoms with E-state index in [1.165, 1.54) is 16.7 Å². The molecule has 1 unspecified atom stereocenters. The van der Waals surface area contributed by atoms with Gasteiger partial charge < -0.3 is 9.64 Å². The molecule has 0 aromatic heterocycles. The Kier molecular flexibility index (Phi) is 7.32. The molecule has 0 saturated carbocycles. The number of anilines is 1. The van der Waals surface area contributed by atoms with Gasteiger partial charge in [-0.1, -0.05) is 57.5 Å². The minimum atomic E-state index is -0.553. The van der Waals surface area contributed by atoms with Gasteiger partial charge in [-0.2, -0.15) is 0 Å². The molecule has 0 bridgehead atoms. The summed E-state index contributed by atoms with van der Waals surface area (Å²) in [4.78, 5) is 20.6. The molecule has 3 aromatic carbocycles. The van der Waals surface area contributed by atoms with Crippen LogP contribution in [0.25, 0.3) is 0 Å². The SMILES string of the molecule is COc1ccc(C2=NC(Cc3cc(C(C)C)ccc3C(C)C)C(=O)N(C)c3ccc(Cl)cc32)cc1. The predicted octanol–water partition coefficient (Wildman–Crippen LogP) is 7.02. The first-order chi connectivity index (χ1) is 16.7. The van der Waals surface area contributed by atoms with E-state index < -0.39 is 6.04 Å². The largest absolute Gasteiger partial charge is 0.497 e. The minimum Gasteiger partial charge on any atom is -0.497 e. The zero-order chi connectivity index (χ0) is 25.3. The number of methoxy groups -OCH3 is 1. The molecule has 0 fully saturated rings. The Balaban J connectivity index is 1.87. The molecule has 0 N–H and O–H groups in total. The van der Waals surface area contributed by atoms with Crippen molar-refractivity contribution in [3.05, 3.63) is 93.5 Å². The van der Waals surface area contributed by atoms with Crippen LogP contribution in [0.4, 0.5) is 5.69 Å². The highest BCUT2D eigenvalue weighted by atomic mass is 35.5. The molecular formula is C30H33ClN2O2. The van der Waals surface area contributed by atoms with Crippen LogP contribution in [0.2, 0.25) is 5.02 Å². The van der Waals surface area contributed by atoms with Crippen LogP contribution in [0.1, 0.15) is 67.3 Å². The summed E-state index contributed by atoms with van der Waals surface area (Å²) in [6.45, 7) is 8.77. The molecule has 5 heteroatoms. The second-order valence-corrected chi connectivity index (χ2v) is 10.2. The maximum absolute atomic E-state index is 13.7. The summed E-state index contributed by atoms with van der Waals surface area (Å²) in [5.74, 6) is 1.51. The number of likely N-dealkylation sites (N-methyl/N-ethyl adjacent to an activating group) is 1. The quantitative estimate of drug-likeness (QED) is 0.374. The van der Waals surface area contributed by atoms with E-state index in [9.17, 15) is 4.79 Å². The smallest absolute Gasteiger partial charge is 0.251 e. The van der Waals surface area contributed by atoms with Crippen molar-refractivity contribution < 1.29 is 9.53 Å². The van der Waals surface area contributed by atoms with Gasteiger partial charge in [-0.15, -0.1) is 0 Å². The van der Waals surface area contributed by atoms with E-state index in [2.05, 4.69) is 45.9 Å². The Morgan fingerprint density at radius 2 is 1.69 bits per heavy atom. The number of nitrogens with zero attached hydrogens (tertiary/aromatic N) is 2. The van der Waals surface area contributed by atoms with Crippen molar-refractivity contribution in [1.82, 2.24) is 0 Å². The van der Waals surface area contributed by atoms with Crippen molar-refractivity contribution in [3.63, 3.8) is 0 Å². The second kappa shape index (κ2) is 10.2. The van der Waals surface area contributed by atoms with Crippen LogP contribution in [-0.4, -0.2) is 31.8 Å². The first-order valence-electron chi connectivity index (χ1n) is 12.1. The molecule has 4 nitrogen and oxygen atoms in total. The summed E-state index contributed by atoms with van der Waals surface area (Å²) in [7, 11) is 3.47. The average Bonchev–Trinajstić information content (AvgIpc) is 2.94. The van der Waals surface area contributed by atoms with Crippen LogP contribution in [-0.2, 0) is 11.2 Å². The molecule has 1 aliphatic rings. The average molecular weight is 489 g/mol. The number of amides is 1. The Labute approximate surface area is 213 Å². The van der Waals surface area contributed by atoms with Crippen molar-refractivity contribution >= 4 is 28.9 Å². The van der Waals surface area contributed by atoms with Gasteiger partial charge in [0, 0.05) is 29.6 Å². The molecule has 3 aromatic rings. The molecule has 35 heavy (non-hydrogen) atoms. The Morgan fingerprint density at radius 1 is 0.971 bits per heavy atom. The van der Waals surface area contributed by atoms with E-state index in [1.807, 2.05) is 49.5 Å². The maximum Gasteiger partial charge on any atom is 0.251 e. The lowest BCUT2D eigenvalue weighted by Gasteiger charge is -2.22. The second-order valence-electron chi connectivity index (χ2n) is 9.75. The summed E-state index contributed by atoms with van der Waals surface area (Å²) in [5.41, 5.74) is 7.04. The lowest BCUT2D eigenvalue weighted by Crippen LogP contribution is -2.36. The third-order valence-corrected chi connectivity index (χ3v) is 6.94. The fraction of sp³-hybridized carbons (Fsp3) is 0.333. The highest BCUT2D eigenvalue weighted by Gasteiger charge is 2.31. The number of aliphatic imine (C=N–C) groups is 1. The van der Waals surface area contributed by atoms with Gasteiger partial charge in [0.2, 0.25) is 0 Å². The summed E-state index contributed by atoms with van der Waals surface area (Å²) in [5, 5.41) is 0.607. The highest BCUT2D eigenvalue weighted by molar-refractivity contribution is 6.32. The third-order valence-electron chi connectivity index (χ3n) is 6.71. The zero-order valence-corrected chi connectivity index (χ0v) is 22.1. The molecule has 182 valence electrons. The lowest BCUT2D eigenvalue weighted by molar-refractivity contribution is -0.119. The van der Waals surface area contributed by atoms with E-state index in [0.717, 1.165) is 28.3 Å². The van der Waals surface area contributed by atoms with E-state index in [-0.39, 0.29) is 5.91 Å². The number of benzodiazepines with no additional fused rings is 1. The van der Waals surface area contributed by atoms with Crippen LogP contribution < -0.4 is 9.64 Å². The topological polar surface area (TPSA) is 41.9 Å². The van der Waals surface area contributed by atoms with Crippen LogP contribution in [0.3, 0.4) is 0 Å². The van der Waals surface area contributed by atoms with E-state index in [0.29, 0.717) is 23.3 Å². The number of benzene rings is 3. The van der Waals surface area contributed by atoms with E-state index in [1.54, 1.807) is 12.0 Å². The van der Waals surface area contributed by atoms with Gasteiger partial charge in [0.1, 0.15) is 11.8 Å². The minimum absolute atomic E-state index is 0.0262. The van der Waals surface area contributed by atoms with Gasteiger partial charge in [0.15, 0.2) is 0 Å². The predicted molar refractivity (Wildman–Crippen MR) is 146 cm³/mol. The molecule has 0 aliphatic carbocycles. The van der Waals surface area contributed by atoms with Crippen molar-refractivity contribution in [2.45, 2.75) is 52.0 Å². The van der Waals surface area contributed by atoms with Gasteiger partial charge in [-0.05, 0) is 71.0 Å². The number of hydrogen-bond acceptors (Lipinski definition) is 3. The van der Waals surface area contributed by atoms with Crippen LogP contribution in [0.15, 0.2) is 65.7 Å². The summed E-state index contributed by atoms with van der Waals surface area (Å²) < 4.78 is 5.35. The molecule has 0 spiro atoms. The summed E-state index contributed by atoms with van der Waals surface area (Å²) in [6.07, 6.45) is 0.540. The maximum atomic E-state index is 13.7. The lowest BCUT2D eigenvalue weighted by atomic mass is 9.89. The van der Waals surface area contributed by atoms with E-state index >= 15 is 0 Å². The molecule has 0 radical (unpaired) electrons. The van der Waals surface area contributed by atoms with Crippen molar-refractivity contribution in [2.24, 2.45) is 4.99 Å². The summed E-state index contributed by atoms with van der Waals surface area (Å²) in [6, 6.07) is 19.5. The van der Waals surface area contributed by atoms with Crippen LogP contribution in [0.5, 0.6) is 5.75 Å². The van der Waals surface area contributed by atoms with Crippen molar-refractivity contribution in [1.29, 1.82) is 0 Å². The molecule has 1 atom stereocenters. The highest BCUT2D eigenvalue weighted by Crippen LogP contribution is 2.33. The summed E-state index contributed by atoms with van der Waals surface area (Å²) >= 11 is 6.40. The number of rotatable bonds is 6. The number of hydrogen-bond donors (Lipinski definition) is 0. The molecule has 0 saturated heterocycles. The Morgan fingerprint density at radius 3 is 2.31 bits per heavy atom. The van der Waals surface area contributed by atoms with Gasteiger partial charge in [0.05, 0.1) is 18.5 Å². The Hall–Kier alpha value is -3.11.